The lowest BCUT2D eigenvalue weighted by atomic mass is 9.82. The van der Waals surface area contributed by atoms with Crippen LogP contribution < -0.4 is 15.0 Å². The summed E-state index contributed by atoms with van der Waals surface area (Å²) in [6, 6.07) is 23.9. The Labute approximate surface area is 430 Å². The van der Waals surface area contributed by atoms with Gasteiger partial charge in [0.1, 0.15) is 23.0 Å². The average Bonchev–Trinajstić information content (AvgIpc) is 4.08. The first-order chi connectivity index (χ1) is 35.1. The van der Waals surface area contributed by atoms with Crippen molar-refractivity contribution in [1.29, 1.82) is 0 Å². The molecule has 0 aliphatic carbocycles. The number of anilines is 1. The molecule has 1 fully saturated rings. The van der Waals surface area contributed by atoms with Crippen molar-refractivity contribution in [3.05, 3.63) is 119 Å². The normalized spacial score (nSPS) is 16.6. The smallest absolute Gasteiger partial charge is 0.409 e. The summed E-state index contributed by atoms with van der Waals surface area (Å²) in [4.78, 5) is 114. The van der Waals surface area contributed by atoms with Gasteiger partial charge >= 0.3 is 6.09 Å². The molecule has 0 spiro atoms. The maximum atomic E-state index is 14.4. The molecule has 2 N–H and O–H groups in total. The number of hydrogen-bond acceptors (Lipinski definition) is 10. The van der Waals surface area contributed by atoms with Gasteiger partial charge < -0.3 is 29.7 Å². The first-order valence-corrected chi connectivity index (χ1v) is 25.8. The predicted molar refractivity (Wildman–Crippen MR) is 280 cm³/mol. The number of ether oxygens (including phenoxy) is 1. The third-order valence-electron chi connectivity index (χ3n) is 14.5. The van der Waals surface area contributed by atoms with Crippen molar-refractivity contribution in [2.45, 2.75) is 71.6 Å². The maximum absolute atomic E-state index is 14.4. The molecule has 1 unspecified atom stereocenters. The van der Waals surface area contributed by atoms with E-state index in [0.29, 0.717) is 74.0 Å². The van der Waals surface area contributed by atoms with Crippen LogP contribution in [0.1, 0.15) is 96.3 Å². The second-order valence-corrected chi connectivity index (χ2v) is 20.3. The van der Waals surface area contributed by atoms with Gasteiger partial charge in [0.15, 0.2) is 5.78 Å². The molecular weight excluding hydrogens is 948 g/mol. The second kappa shape index (κ2) is 23.3. The van der Waals surface area contributed by atoms with E-state index in [1.54, 1.807) is 46.2 Å². The summed E-state index contributed by atoms with van der Waals surface area (Å²) >= 11 is 6.56. The van der Waals surface area contributed by atoms with Crippen LogP contribution in [-0.2, 0) is 36.8 Å². The number of fused-ring (bicyclic) bond motifs is 4. The van der Waals surface area contributed by atoms with E-state index in [2.05, 4.69) is 15.2 Å². The molecule has 73 heavy (non-hydrogen) atoms. The summed E-state index contributed by atoms with van der Waals surface area (Å²) < 4.78 is 6.06. The highest BCUT2D eigenvalue weighted by molar-refractivity contribution is 6.19. The fraction of sp³-hybridized carbons (Fsp3) is 0.404. The first kappa shape index (κ1) is 52.4. The monoisotopic (exact) mass is 1010 g/mol. The van der Waals surface area contributed by atoms with Crippen LogP contribution in [0.2, 0.25) is 0 Å². The van der Waals surface area contributed by atoms with Crippen molar-refractivity contribution in [3.8, 4) is 5.75 Å². The lowest BCUT2D eigenvalue weighted by Crippen LogP contribution is -2.48. The van der Waals surface area contributed by atoms with Crippen molar-refractivity contribution >= 4 is 86.0 Å². The van der Waals surface area contributed by atoms with E-state index < -0.39 is 12.0 Å². The Bertz CT molecular complexity index is 2960. The highest BCUT2D eigenvalue weighted by atomic mass is 35.5. The predicted octanol–water partition coefficient (Wildman–Crippen LogP) is 8.06. The Morgan fingerprint density at radius 1 is 0.808 bits per heavy atom. The molecule has 15 nitrogen and oxygen atoms in total. The standard InChI is InChI=1S/C57H63ClN6O9/c1-35(2)44(31-48(65)36(3)9-7-21-59-52(68)12-8-22-63-53(69)19-20-54(63)70)50(67)28-37-13-16-39(17-14-37)49(66)29-38-15-18-45-40(27-38)30-46(60-45)56(71)64-34-41(33-58)55-43-11-6-5-10-42(43)51(32-47(55)64)73-57(72)62-25-23-61(4)24-26-62/h5-6,10-11,13-20,27,30,32,35-36,41,44,60H,7-9,12,21-26,28-29,31,33-34H2,1-4H3,(H,59,68)/t36-,41-,44?/m1/s1. The number of aromatic nitrogens is 1. The van der Waals surface area contributed by atoms with Crippen molar-refractivity contribution in [3.63, 3.8) is 0 Å². The number of H-pyrrole nitrogens is 1. The average molecular weight is 1010 g/mol. The molecule has 3 aliphatic heterocycles. The molecular formula is C57H63ClN6O9. The summed E-state index contributed by atoms with van der Waals surface area (Å²) in [6.45, 7) is 9.27. The van der Waals surface area contributed by atoms with Crippen LogP contribution in [0.3, 0.4) is 0 Å². The number of hydrogen-bond donors (Lipinski definition) is 2. The zero-order valence-electron chi connectivity index (χ0n) is 41.9. The molecule has 0 bridgehead atoms. The molecule has 1 aromatic heterocycles. The van der Waals surface area contributed by atoms with E-state index in [4.69, 9.17) is 16.3 Å². The van der Waals surface area contributed by atoms with Crippen LogP contribution in [0.15, 0.2) is 91.0 Å². The topological polar surface area (TPSA) is 187 Å². The van der Waals surface area contributed by atoms with Gasteiger partial charge in [0.05, 0.1) is 5.69 Å². The minimum atomic E-state index is -0.467. The van der Waals surface area contributed by atoms with E-state index in [0.717, 1.165) is 56.4 Å². The van der Waals surface area contributed by atoms with E-state index in [-0.39, 0.29) is 91.0 Å². The number of halogens is 1. The van der Waals surface area contributed by atoms with E-state index in [1.807, 2.05) is 70.3 Å². The number of carbonyl (C=O) groups is 8. The molecule has 382 valence electrons. The van der Waals surface area contributed by atoms with Crippen LogP contribution >= 0.6 is 11.6 Å². The summed E-state index contributed by atoms with van der Waals surface area (Å²) in [5, 5.41) is 5.26. The molecule has 5 amide bonds. The molecule has 5 aromatic rings. The molecule has 0 radical (unpaired) electrons. The number of imide groups is 1. The fourth-order valence-electron chi connectivity index (χ4n) is 10.0. The number of benzene rings is 4. The van der Waals surface area contributed by atoms with Crippen molar-refractivity contribution in [2.24, 2.45) is 17.8 Å². The largest absolute Gasteiger partial charge is 0.415 e. The van der Waals surface area contributed by atoms with E-state index in [9.17, 15) is 38.4 Å². The highest BCUT2D eigenvalue weighted by Gasteiger charge is 2.36. The molecule has 3 atom stereocenters. The van der Waals surface area contributed by atoms with E-state index in [1.165, 1.54) is 12.2 Å². The third-order valence-corrected chi connectivity index (χ3v) is 14.8. The Morgan fingerprint density at radius 3 is 2.21 bits per heavy atom. The third kappa shape index (κ3) is 12.3. The highest BCUT2D eigenvalue weighted by Crippen LogP contribution is 2.46. The van der Waals surface area contributed by atoms with Gasteiger partial charge in [-0.25, -0.2) is 4.79 Å². The Hall–Kier alpha value is -6.97. The summed E-state index contributed by atoms with van der Waals surface area (Å²) in [5.74, 6) is -1.63. The van der Waals surface area contributed by atoms with Gasteiger partial charge in [-0.1, -0.05) is 75.4 Å². The van der Waals surface area contributed by atoms with Crippen LogP contribution in [0.25, 0.3) is 21.7 Å². The van der Waals surface area contributed by atoms with Gasteiger partial charge in [0.2, 0.25) is 5.91 Å². The maximum Gasteiger partial charge on any atom is 0.415 e. The number of Topliss-reactive ketones (excluding diaryl/α,β-unsaturated/α-hetero) is 3. The number of alkyl halides is 1. The minimum Gasteiger partial charge on any atom is -0.409 e. The minimum absolute atomic E-state index is 0.00335. The van der Waals surface area contributed by atoms with Crippen molar-refractivity contribution in [2.75, 3.05) is 63.6 Å². The van der Waals surface area contributed by atoms with Gasteiger partial charge in [-0.15, -0.1) is 11.6 Å². The number of ketones is 3. The zero-order chi connectivity index (χ0) is 51.9. The van der Waals surface area contributed by atoms with Crippen LogP contribution in [0.5, 0.6) is 5.75 Å². The molecule has 8 rings (SSSR count). The van der Waals surface area contributed by atoms with Gasteiger partial charge in [0, 0.05) is 135 Å². The number of likely N-dealkylation sites (N-methyl/N-ethyl adjacent to an activating group) is 1. The number of aromatic amines is 1. The first-order valence-electron chi connectivity index (χ1n) is 25.3. The quantitative estimate of drug-likeness (QED) is 0.0315. The second-order valence-electron chi connectivity index (χ2n) is 20.0. The molecule has 4 heterocycles. The molecule has 4 aromatic carbocycles. The number of amides is 5. The summed E-state index contributed by atoms with van der Waals surface area (Å²) in [7, 11) is 2.02. The number of nitrogens with zero attached hydrogens (tertiary/aromatic N) is 4. The lowest BCUT2D eigenvalue weighted by Gasteiger charge is -2.31. The number of nitrogens with one attached hydrogen (secondary N) is 2. The number of rotatable bonds is 21. The summed E-state index contributed by atoms with van der Waals surface area (Å²) in [5.41, 5.74) is 4.70. The van der Waals surface area contributed by atoms with Crippen LogP contribution in [0, 0.1) is 17.8 Å². The molecule has 3 aliphatic rings. The lowest BCUT2D eigenvalue weighted by molar-refractivity contribution is -0.137. The van der Waals surface area contributed by atoms with Crippen LogP contribution in [-0.4, -0.2) is 125 Å². The van der Waals surface area contributed by atoms with Gasteiger partial charge in [0.25, 0.3) is 17.7 Å². The Balaban J connectivity index is 0.839. The number of piperazine rings is 1. The summed E-state index contributed by atoms with van der Waals surface area (Å²) in [6.07, 6.45) is 4.06. The fourth-order valence-corrected chi connectivity index (χ4v) is 10.3. The van der Waals surface area contributed by atoms with Gasteiger partial charge in [-0.2, -0.15) is 0 Å². The Morgan fingerprint density at radius 2 is 1.51 bits per heavy atom. The van der Waals surface area contributed by atoms with Gasteiger partial charge in [-0.3, -0.25) is 38.5 Å². The van der Waals surface area contributed by atoms with Gasteiger partial charge in [-0.05, 0) is 72.5 Å². The zero-order valence-corrected chi connectivity index (χ0v) is 42.7. The Kier molecular flexibility index (Phi) is 16.7. The van der Waals surface area contributed by atoms with Crippen LogP contribution in [0.4, 0.5) is 10.5 Å². The molecule has 0 saturated carbocycles. The van der Waals surface area contributed by atoms with Crippen molar-refractivity contribution < 1.29 is 43.1 Å². The molecule has 16 heteroatoms. The van der Waals surface area contributed by atoms with E-state index >= 15 is 0 Å². The SMILES string of the molecule is CC(C)C(CC(=O)[C@H](C)CCCNC(=O)CCCN1C(=O)C=CC1=O)C(=O)Cc1ccc(C(=O)Cc2ccc3[nH]c(C(=O)N4C[C@@H](CCl)c5c4cc(OC(=O)N4CCN(C)CC4)c4ccccc54)cc3c2)cc1. The molecule has 1 saturated heterocycles. The van der Waals surface area contributed by atoms with Crippen molar-refractivity contribution in [1.82, 2.24) is 25.0 Å². The number of carbonyl (C=O) groups excluding carboxylic acids is 8.